The fourth-order valence-electron chi connectivity index (χ4n) is 3.57. The normalized spacial score (nSPS) is 12.4. The van der Waals surface area contributed by atoms with Gasteiger partial charge in [0, 0.05) is 54.0 Å². The van der Waals surface area contributed by atoms with Crippen LogP contribution in [0.4, 0.5) is 18.3 Å². The van der Waals surface area contributed by atoms with E-state index in [1.165, 1.54) is 14.0 Å². The highest BCUT2D eigenvalue weighted by molar-refractivity contribution is 7.14. The first-order valence-electron chi connectivity index (χ1n) is 11.1. The second-order valence-corrected chi connectivity index (χ2v) is 8.90. The summed E-state index contributed by atoms with van der Waals surface area (Å²) in [5.74, 6) is -4.85. The number of benzene rings is 2. The van der Waals surface area contributed by atoms with Crippen LogP contribution in [-0.2, 0) is 14.3 Å². The van der Waals surface area contributed by atoms with E-state index in [2.05, 4.69) is 10.3 Å². The molecule has 0 fully saturated rings. The zero-order valence-electron chi connectivity index (χ0n) is 20.3. The van der Waals surface area contributed by atoms with Gasteiger partial charge in [-0.05, 0) is 44.0 Å². The van der Waals surface area contributed by atoms with Crippen molar-refractivity contribution in [2.24, 2.45) is 0 Å². The van der Waals surface area contributed by atoms with Crippen LogP contribution in [0.25, 0.3) is 17.3 Å². The molecule has 0 bridgehead atoms. The number of amides is 1. The minimum Gasteiger partial charge on any atom is -0.478 e. The number of thiazole rings is 1. The monoisotopic (exact) mass is 534 g/mol. The molecule has 0 aliphatic carbocycles. The van der Waals surface area contributed by atoms with Gasteiger partial charge in [-0.25, -0.2) is 22.9 Å². The molecule has 37 heavy (non-hydrogen) atoms. The summed E-state index contributed by atoms with van der Waals surface area (Å²) < 4.78 is 54.7. The molecule has 1 atom stereocenters. The topological polar surface area (TPSA) is 97.8 Å². The molecule has 1 heterocycles. The van der Waals surface area contributed by atoms with Crippen LogP contribution in [0.15, 0.2) is 41.3 Å². The van der Waals surface area contributed by atoms with Gasteiger partial charge in [0.25, 0.3) is 5.91 Å². The van der Waals surface area contributed by atoms with E-state index in [0.717, 1.165) is 29.5 Å². The first-order chi connectivity index (χ1) is 17.7. The van der Waals surface area contributed by atoms with Gasteiger partial charge >= 0.3 is 5.97 Å². The van der Waals surface area contributed by atoms with Crippen molar-refractivity contribution in [1.29, 1.82) is 0 Å². The van der Waals surface area contributed by atoms with Gasteiger partial charge in [-0.1, -0.05) is 12.1 Å². The Bertz CT molecular complexity index is 1300. The predicted octanol–water partition coefficient (Wildman–Crippen LogP) is 6.08. The summed E-state index contributed by atoms with van der Waals surface area (Å²) in [5, 5.41) is 13.0. The number of hydrogen-bond acceptors (Lipinski definition) is 6. The van der Waals surface area contributed by atoms with Gasteiger partial charge in [0.1, 0.15) is 17.5 Å². The molecule has 2 aromatic carbocycles. The average molecular weight is 535 g/mol. The van der Waals surface area contributed by atoms with Crippen molar-refractivity contribution in [2.45, 2.75) is 25.9 Å². The van der Waals surface area contributed by atoms with Crippen molar-refractivity contribution in [3.8, 4) is 11.3 Å². The largest absolute Gasteiger partial charge is 0.478 e. The van der Waals surface area contributed by atoms with E-state index in [-0.39, 0.29) is 27.5 Å². The third-order valence-corrected chi connectivity index (χ3v) is 6.27. The number of carbonyl (C=O) groups excluding carboxylic acids is 1. The molecule has 2 N–H and O–H groups in total. The predicted molar refractivity (Wildman–Crippen MR) is 134 cm³/mol. The SMILES string of the molecule is COCCCC(OC)c1cccc(-c2csc(NC(=O)c3cc(F)c(/C=C(\C)C(=O)O)c(F)c3)n2)c1F. The second kappa shape index (κ2) is 12.6. The maximum atomic E-state index is 15.3. The van der Waals surface area contributed by atoms with Crippen LogP contribution < -0.4 is 5.32 Å². The van der Waals surface area contributed by atoms with Crippen molar-refractivity contribution < 1.29 is 37.3 Å². The van der Waals surface area contributed by atoms with Crippen LogP contribution in [0, 0.1) is 17.5 Å². The van der Waals surface area contributed by atoms with E-state index >= 15 is 4.39 Å². The number of carbonyl (C=O) groups is 2. The second-order valence-electron chi connectivity index (χ2n) is 8.05. The first kappa shape index (κ1) is 28.0. The summed E-state index contributed by atoms with van der Waals surface area (Å²) in [6, 6.07) is 6.46. The summed E-state index contributed by atoms with van der Waals surface area (Å²) in [6.45, 7) is 1.71. The number of nitrogens with one attached hydrogen (secondary N) is 1. The lowest BCUT2D eigenvalue weighted by Gasteiger charge is -2.17. The summed E-state index contributed by atoms with van der Waals surface area (Å²) in [5.41, 5.74) is -0.316. The van der Waals surface area contributed by atoms with Gasteiger partial charge < -0.3 is 14.6 Å². The van der Waals surface area contributed by atoms with Gasteiger partial charge in [-0.15, -0.1) is 11.3 Å². The third-order valence-electron chi connectivity index (χ3n) is 5.51. The lowest BCUT2D eigenvalue weighted by molar-refractivity contribution is -0.132. The minimum atomic E-state index is -1.33. The fraction of sp³-hybridized carbons (Fsp3) is 0.269. The Kier molecular flexibility index (Phi) is 9.56. The molecule has 0 aliphatic rings. The van der Waals surface area contributed by atoms with Gasteiger partial charge in [0.05, 0.1) is 11.8 Å². The van der Waals surface area contributed by atoms with E-state index in [0.29, 0.717) is 25.0 Å². The summed E-state index contributed by atoms with van der Waals surface area (Å²) >= 11 is 1.02. The number of ether oxygens (including phenoxy) is 2. The third kappa shape index (κ3) is 6.82. The maximum Gasteiger partial charge on any atom is 0.331 e. The Hall–Kier alpha value is -3.54. The number of halogens is 3. The molecule has 0 aliphatic heterocycles. The van der Waals surface area contributed by atoms with E-state index in [1.807, 2.05) is 0 Å². The molecule has 0 radical (unpaired) electrons. The zero-order chi connectivity index (χ0) is 27.1. The number of carboxylic acid groups (broad SMARTS) is 1. The molecule has 1 amide bonds. The van der Waals surface area contributed by atoms with E-state index in [4.69, 9.17) is 14.6 Å². The highest BCUT2D eigenvalue weighted by Crippen LogP contribution is 2.33. The summed E-state index contributed by atoms with van der Waals surface area (Å²) in [6.07, 6.45) is 1.61. The Balaban J connectivity index is 1.80. The van der Waals surface area contributed by atoms with Crippen molar-refractivity contribution in [2.75, 3.05) is 26.1 Å². The van der Waals surface area contributed by atoms with Gasteiger partial charge in [-0.2, -0.15) is 0 Å². The minimum absolute atomic E-state index is 0.0969. The number of anilines is 1. The maximum absolute atomic E-state index is 15.3. The molecule has 7 nitrogen and oxygen atoms in total. The van der Waals surface area contributed by atoms with Gasteiger partial charge in [-0.3, -0.25) is 10.1 Å². The van der Waals surface area contributed by atoms with E-state index < -0.39 is 41.0 Å². The molecule has 0 saturated carbocycles. The van der Waals surface area contributed by atoms with Crippen molar-refractivity contribution in [1.82, 2.24) is 4.98 Å². The van der Waals surface area contributed by atoms with Gasteiger partial charge in [0.2, 0.25) is 0 Å². The number of rotatable bonds is 11. The van der Waals surface area contributed by atoms with Crippen LogP contribution in [0.2, 0.25) is 0 Å². The molecule has 1 unspecified atom stereocenters. The fourth-order valence-corrected chi connectivity index (χ4v) is 4.27. The molecule has 196 valence electrons. The molecule has 3 aromatic rings. The number of hydrogen-bond donors (Lipinski definition) is 2. The highest BCUT2D eigenvalue weighted by atomic mass is 32.1. The number of carboxylic acids is 1. The number of nitrogens with zero attached hydrogens (tertiary/aromatic N) is 1. The molecular weight excluding hydrogens is 509 g/mol. The smallest absolute Gasteiger partial charge is 0.331 e. The molecule has 11 heteroatoms. The van der Waals surface area contributed by atoms with Gasteiger partial charge in [0.15, 0.2) is 5.13 Å². The van der Waals surface area contributed by atoms with E-state index in [9.17, 15) is 18.4 Å². The Labute approximate surface area is 215 Å². The Morgan fingerprint density at radius 3 is 2.51 bits per heavy atom. The lowest BCUT2D eigenvalue weighted by Crippen LogP contribution is -2.13. The summed E-state index contributed by atoms with van der Waals surface area (Å²) in [4.78, 5) is 27.8. The first-order valence-corrected chi connectivity index (χ1v) is 12.0. The average Bonchev–Trinajstić information content (AvgIpc) is 3.32. The Morgan fingerprint density at radius 2 is 1.89 bits per heavy atom. The van der Waals surface area contributed by atoms with Crippen molar-refractivity contribution in [3.05, 3.63) is 75.4 Å². The molecule has 1 aromatic heterocycles. The van der Waals surface area contributed by atoms with Crippen LogP contribution in [0.3, 0.4) is 0 Å². The standard InChI is InChI=1S/C26H25F3N2O5S/c1-14(25(33)34)10-18-19(27)11-15(12-20(18)28)24(32)31-26-30-21(13-37-26)16-6-4-7-17(23(16)29)22(36-3)8-5-9-35-2/h4,6-7,10-13,22H,5,8-9H2,1-3H3,(H,33,34)(H,30,31,32)/b14-10+. The number of aliphatic carboxylic acids is 1. The quantitative estimate of drug-likeness (QED) is 0.229. The van der Waals surface area contributed by atoms with E-state index in [1.54, 1.807) is 30.7 Å². The molecule has 0 saturated heterocycles. The van der Waals surface area contributed by atoms with Crippen LogP contribution in [-0.4, -0.2) is 42.8 Å². The highest BCUT2D eigenvalue weighted by Gasteiger charge is 2.21. The number of methoxy groups -OCH3 is 2. The molecule has 0 spiro atoms. The van der Waals surface area contributed by atoms with Crippen LogP contribution in [0.1, 0.15) is 47.4 Å². The van der Waals surface area contributed by atoms with Crippen LogP contribution >= 0.6 is 11.3 Å². The van der Waals surface area contributed by atoms with Crippen molar-refractivity contribution in [3.63, 3.8) is 0 Å². The lowest BCUT2D eigenvalue weighted by atomic mass is 10.00. The molecule has 3 rings (SSSR count). The molecular formula is C26H25F3N2O5S. The van der Waals surface area contributed by atoms with Crippen molar-refractivity contribution >= 4 is 34.4 Å². The zero-order valence-corrected chi connectivity index (χ0v) is 21.1. The van der Waals surface area contributed by atoms with Crippen LogP contribution in [0.5, 0.6) is 0 Å². The summed E-state index contributed by atoms with van der Waals surface area (Å²) in [7, 11) is 3.09. The Morgan fingerprint density at radius 1 is 1.19 bits per heavy atom. The number of aromatic nitrogens is 1.